The first-order chi connectivity index (χ1) is 67.5. The molecule has 20 aromatic carbocycles. The van der Waals surface area contributed by atoms with Crippen molar-refractivity contribution >= 4 is 174 Å². The van der Waals surface area contributed by atoms with Crippen LogP contribution in [0.25, 0.3) is 254 Å². The summed E-state index contributed by atoms with van der Waals surface area (Å²) in [5.41, 5.74) is 30.0. The van der Waals surface area contributed by atoms with Crippen LogP contribution < -0.4 is 0 Å². The maximum absolute atomic E-state index is 10.5. The second-order valence-corrected chi connectivity index (χ2v) is 35.1. The highest BCUT2D eigenvalue weighted by molar-refractivity contribution is 6.33. The van der Waals surface area contributed by atoms with Gasteiger partial charge in [-0.05, 0) is 170 Å². The highest BCUT2D eigenvalue weighted by atomic mass is 15.1. The van der Waals surface area contributed by atoms with Crippen LogP contribution in [0.1, 0.15) is 5.56 Å². The van der Waals surface area contributed by atoms with Crippen LogP contribution >= 0.6 is 0 Å². The second-order valence-electron chi connectivity index (χ2n) is 35.1. The number of aromatic nitrogens is 11. The highest BCUT2D eigenvalue weighted by Crippen LogP contribution is 2.52. The third-order valence-corrected chi connectivity index (χ3v) is 27.9. The van der Waals surface area contributed by atoms with Gasteiger partial charge in [0, 0.05) is 148 Å². The number of hydrogen-bond donors (Lipinski definition) is 0. The van der Waals surface area contributed by atoms with Crippen molar-refractivity contribution < 1.29 is 0 Å². The van der Waals surface area contributed by atoms with Gasteiger partial charge in [0.1, 0.15) is 6.07 Å². The summed E-state index contributed by atoms with van der Waals surface area (Å²) in [6.07, 6.45) is 0. The first-order valence-corrected chi connectivity index (χ1v) is 46.1. The maximum Gasteiger partial charge on any atom is 0.166 e. The van der Waals surface area contributed by atoms with E-state index in [2.05, 4.69) is 449 Å². The molecule has 0 radical (unpaired) electrons. The van der Waals surface area contributed by atoms with E-state index in [9.17, 15) is 5.26 Å². The maximum atomic E-state index is 10.5. The van der Waals surface area contributed by atoms with Crippen molar-refractivity contribution in [1.82, 2.24) is 51.5 Å². The Hall–Kier alpha value is -18.7. The standard InChI is InChI=1S/C69H43N7.C55H33N5/c1-6-22-44(23-7-1)67-70-68(45-24-8-2-9-25-45)72-69(71-67)56-43-54-51-33-17-20-36-58(51)76(65(54)63-53-34-18-21-37-59(53)75(66(56)63)48-30-14-5-15-31-48)49-38-40-60-55(42-49)62-61(73(60)46-26-10-3-11-27-46)41-39-52-50-32-16-19-35-57(50)74(64(52)62)47-28-12-4-13-29-47;56-34-35-15-14-24-44-51-50(59(53(35)44)38-20-8-3-9-21-38)32-29-42-41-23-11-13-26-47(41)60(54(42)51)39-27-30-48-45(33-39)52-49(57(48)36-16-4-1-5-17-36)31-28-43-40-22-10-12-25-46(40)58(55(43)52)37-18-6-2-7-19-37/h1-43H;1-33H. The van der Waals surface area contributed by atoms with E-state index in [1.54, 1.807) is 0 Å². The van der Waals surface area contributed by atoms with Crippen LogP contribution in [0.4, 0.5) is 0 Å². The Bertz CT molecular complexity index is 9980. The van der Waals surface area contributed by atoms with E-state index in [4.69, 9.17) is 15.0 Å². The molecular formula is C124H76N12. The van der Waals surface area contributed by atoms with E-state index in [-0.39, 0.29) is 0 Å². The summed E-state index contributed by atoms with van der Waals surface area (Å²) in [6, 6.07) is 167. The molecule has 9 heterocycles. The molecule has 12 heteroatoms. The van der Waals surface area contributed by atoms with Gasteiger partial charge in [0.25, 0.3) is 0 Å². The van der Waals surface area contributed by atoms with Gasteiger partial charge in [0.2, 0.25) is 0 Å². The molecule has 0 amide bonds. The molecule has 0 spiro atoms. The predicted molar refractivity (Wildman–Crippen MR) is 562 cm³/mol. The normalized spacial score (nSPS) is 12.0. The summed E-state index contributed by atoms with van der Waals surface area (Å²) in [5, 5.41) is 29.2. The van der Waals surface area contributed by atoms with E-state index in [1.165, 1.54) is 75.9 Å². The lowest BCUT2D eigenvalue weighted by Gasteiger charge is -2.15. The number of para-hydroxylation sites is 12. The Labute approximate surface area is 778 Å². The molecular weight excluding hydrogens is 1660 g/mol. The van der Waals surface area contributed by atoms with Gasteiger partial charge < -0.3 is 36.5 Å². The minimum absolute atomic E-state index is 0.601. The molecule has 0 saturated carbocycles. The molecule has 0 atom stereocenters. The monoisotopic (exact) mass is 1730 g/mol. The third kappa shape index (κ3) is 11.3. The van der Waals surface area contributed by atoms with E-state index in [0.29, 0.717) is 23.0 Å². The average Bonchev–Trinajstić information content (AvgIpc) is 1.53. The zero-order valence-corrected chi connectivity index (χ0v) is 73.2. The topological polar surface area (TPSA) is 102 Å². The van der Waals surface area contributed by atoms with Crippen LogP contribution in [0.2, 0.25) is 0 Å². The Morgan fingerprint density at radius 2 is 0.434 bits per heavy atom. The number of hydrogen-bond acceptors (Lipinski definition) is 4. The smallest absolute Gasteiger partial charge is 0.166 e. The minimum Gasteiger partial charge on any atom is -0.309 e. The summed E-state index contributed by atoms with van der Waals surface area (Å²) in [4.78, 5) is 16.0. The van der Waals surface area contributed by atoms with Gasteiger partial charge in [0.15, 0.2) is 17.5 Å². The van der Waals surface area contributed by atoms with Gasteiger partial charge in [-0.3, -0.25) is 0 Å². The molecule has 0 N–H and O–H groups in total. The zero-order valence-electron chi connectivity index (χ0n) is 73.2. The van der Waals surface area contributed by atoms with Crippen LogP contribution in [0.5, 0.6) is 0 Å². The molecule has 0 aliphatic heterocycles. The van der Waals surface area contributed by atoms with Gasteiger partial charge in [-0.2, -0.15) is 5.26 Å². The molecule has 136 heavy (non-hydrogen) atoms. The molecule has 0 fully saturated rings. The zero-order chi connectivity index (χ0) is 89.3. The number of rotatable bonds is 11. The summed E-state index contributed by atoms with van der Waals surface area (Å²) in [7, 11) is 0. The van der Waals surface area contributed by atoms with Crippen LogP contribution in [0.15, 0.2) is 461 Å². The third-order valence-electron chi connectivity index (χ3n) is 27.9. The number of benzene rings is 20. The minimum atomic E-state index is 0.601. The molecule has 0 unspecified atom stereocenters. The van der Waals surface area contributed by atoms with Crippen molar-refractivity contribution in [2.75, 3.05) is 0 Å². The van der Waals surface area contributed by atoms with Crippen molar-refractivity contribution in [3.8, 4) is 85.7 Å². The van der Waals surface area contributed by atoms with Crippen molar-refractivity contribution in [3.05, 3.63) is 467 Å². The van der Waals surface area contributed by atoms with Crippen molar-refractivity contribution in [2.24, 2.45) is 0 Å². The van der Waals surface area contributed by atoms with Gasteiger partial charge in [-0.15, -0.1) is 0 Å². The van der Waals surface area contributed by atoms with E-state index >= 15 is 0 Å². The van der Waals surface area contributed by atoms with Crippen molar-refractivity contribution in [2.45, 2.75) is 0 Å². The van der Waals surface area contributed by atoms with Gasteiger partial charge >= 0.3 is 0 Å². The fourth-order valence-corrected chi connectivity index (χ4v) is 22.4. The Kier molecular flexibility index (Phi) is 16.9. The number of fused-ring (bicyclic) bond motifs is 28. The quantitative estimate of drug-likeness (QED) is 0.129. The number of nitrogens with zero attached hydrogens (tertiary/aromatic N) is 12. The summed E-state index contributed by atoms with van der Waals surface area (Å²) in [5.74, 6) is 1.83. The van der Waals surface area contributed by atoms with E-state index in [0.717, 1.165) is 161 Å². The Balaban J connectivity index is 0.000000138. The average molecular weight is 1730 g/mol. The first kappa shape index (κ1) is 76.2. The molecule has 0 saturated heterocycles. The van der Waals surface area contributed by atoms with Crippen LogP contribution in [0.3, 0.4) is 0 Å². The lowest BCUT2D eigenvalue weighted by molar-refractivity contribution is 1.07. The number of nitriles is 1. The molecule has 9 aromatic heterocycles. The second kappa shape index (κ2) is 30.2. The van der Waals surface area contributed by atoms with Crippen LogP contribution in [-0.2, 0) is 0 Å². The van der Waals surface area contributed by atoms with E-state index in [1.807, 2.05) is 54.6 Å². The largest absolute Gasteiger partial charge is 0.309 e. The van der Waals surface area contributed by atoms with E-state index < -0.39 is 0 Å². The summed E-state index contributed by atoms with van der Waals surface area (Å²) in [6.45, 7) is 0. The fourth-order valence-electron chi connectivity index (χ4n) is 22.4. The molecule has 632 valence electrons. The first-order valence-electron chi connectivity index (χ1n) is 46.1. The fraction of sp³-hybridized carbons (Fsp3) is 0. The Morgan fingerprint density at radius 3 is 0.824 bits per heavy atom. The highest BCUT2D eigenvalue weighted by Gasteiger charge is 2.31. The summed E-state index contributed by atoms with van der Waals surface area (Å²) >= 11 is 0. The SMILES string of the molecule is N#Cc1cccc2c3c(ccc4c5ccccc5n(-c5ccc6c(c5)c5c(ccc7c8ccccc8n(-c8ccccc8)c75)n6-c5ccccc5)c43)n(-c3ccccc3)c12.c1ccc(-c2nc(-c3ccccc3)nc(-c3cc4c5ccccc5n(-c5ccc6c(c5)c5c(ccc7c8ccccc8n(-c8ccccc8)c75)n6-c5ccccc5)c4c4c5ccccc5n(-c5ccccc5)c34)n2)cc1. The summed E-state index contributed by atoms with van der Waals surface area (Å²) < 4.78 is 19.4. The molecule has 0 aliphatic carbocycles. The molecule has 12 nitrogen and oxygen atoms in total. The molecule has 29 aromatic rings. The van der Waals surface area contributed by atoms with Crippen LogP contribution in [0, 0.1) is 11.3 Å². The lowest BCUT2D eigenvalue weighted by atomic mass is 10.0. The Morgan fingerprint density at radius 1 is 0.162 bits per heavy atom. The van der Waals surface area contributed by atoms with Gasteiger partial charge in [-0.1, -0.05) is 291 Å². The molecule has 0 aliphatic rings. The van der Waals surface area contributed by atoms with Gasteiger partial charge in [-0.25, -0.2) is 15.0 Å². The van der Waals surface area contributed by atoms with Crippen molar-refractivity contribution in [1.29, 1.82) is 5.26 Å². The van der Waals surface area contributed by atoms with Gasteiger partial charge in [0.05, 0.1) is 93.8 Å². The van der Waals surface area contributed by atoms with Crippen LogP contribution in [-0.4, -0.2) is 51.5 Å². The molecule has 29 rings (SSSR count). The molecule has 0 bridgehead atoms. The lowest BCUT2D eigenvalue weighted by Crippen LogP contribution is -2.02. The predicted octanol–water partition coefficient (Wildman–Crippen LogP) is 31.2. The van der Waals surface area contributed by atoms with Crippen molar-refractivity contribution in [3.63, 3.8) is 0 Å².